The summed E-state index contributed by atoms with van der Waals surface area (Å²) in [6, 6.07) is 13.7. The van der Waals surface area contributed by atoms with E-state index < -0.39 is 17.9 Å². The Hall–Kier alpha value is -3.81. The van der Waals surface area contributed by atoms with Gasteiger partial charge in [0, 0.05) is 35.4 Å². The number of anilines is 1. The van der Waals surface area contributed by atoms with E-state index >= 15 is 0 Å². The lowest BCUT2D eigenvalue weighted by atomic mass is 10.1. The van der Waals surface area contributed by atoms with Crippen LogP contribution in [0.25, 0.3) is 10.9 Å². The molecule has 0 aliphatic heterocycles. The first-order valence-electron chi connectivity index (χ1n) is 8.68. The van der Waals surface area contributed by atoms with Crippen LogP contribution in [0.4, 0.5) is 10.5 Å². The maximum absolute atomic E-state index is 12.4. The Bertz CT molecular complexity index is 1020. The van der Waals surface area contributed by atoms with Crippen LogP contribution in [0, 0.1) is 0 Å². The molecule has 3 aromatic rings. The molecule has 0 atom stereocenters. The van der Waals surface area contributed by atoms with E-state index in [1.54, 1.807) is 25.3 Å². The van der Waals surface area contributed by atoms with Gasteiger partial charge in [-0.15, -0.1) is 0 Å². The van der Waals surface area contributed by atoms with Gasteiger partial charge in [0.2, 0.25) is 0 Å². The fraction of sp³-hybridized carbons (Fsp3) is 0.150. The van der Waals surface area contributed by atoms with E-state index in [2.05, 4.69) is 16.2 Å². The zero-order chi connectivity index (χ0) is 20.1. The number of para-hydroxylation sites is 1. The highest BCUT2D eigenvalue weighted by atomic mass is 16.5. The van der Waals surface area contributed by atoms with Crippen LogP contribution in [0.1, 0.15) is 27.6 Å². The van der Waals surface area contributed by atoms with E-state index in [0.29, 0.717) is 16.8 Å². The Balaban J connectivity index is 1.62. The molecule has 0 radical (unpaired) electrons. The predicted octanol–water partition coefficient (Wildman–Crippen LogP) is 2.82. The van der Waals surface area contributed by atoms with Crippen LogP contribution in [-0.2, 0) is 11.8 Å². The Morgan fingerprint density at radius 3 is 2.36 bits per heavy atom. The third-order valence-corrected chi connectivity index (χ3v) is 4.10. The minimum Gasteiger partial charge on any atom is -0.450 e. The number of nitrogens with zero attached hydrogens (tertiary/aromatic N) is 1. The summed E-state index contributed by atoms with van der Waals surface area (Å²) >= 11 is 0. The number of aryl methyl sites for hydroxylation is 1. The third kappa shape index (κ3) is 4.12. The van der Waals surface area contributed by atoms with Crippen LogP contribution in [0.15, 0.2) is 54.7 Å². The van der Waals surface area contributed by atoms with Gasteiger partial charge in [0.05, 0.1) is 12.2 Å². The number of hydrogen-bond acceptors (Lipinski definition) is 4. The summed E-state index contributed by atoms with van der Waals surface area (Å²) < 4.78 is 6.63. The molecule has 0 saturated carbocycles. The molecular formula is C20H20N4O4. The van der Waals surface area contributed by atoms with Gasteiger partial charge in [-0.1, -0.05) is 18.2 Å². The summed E-state index contributed by atoms with van der Waals surface area (Å²) in [7, 11) is 1.85. The maximum Gasteiger partial charge on any atom is 0.411 e. The summed E-state index contributed by atoms with van der Waals surface area (Å²) in [4.78, 5) is 36.1. The topological polar surface area (TPSA) is 101 Å². The average Bonchev–Trinajstić information content (AvgIpc) is 3.04. The van der Waals surface area contributed by atoms with Crippen LogP contribution < -0.4 is 16.2 Å². The number of benzene rings is 2. The van der Waals surface area contributed by atoms with Crippen LogP contribution in [0.3, 0.4) is 0 Å². The predicted molar refractivity (Wildman–Crippen MR) is 105 cm³/mol. The molecule has 2 aromatic carbocycles. The molecule has 28 heavy (non-hydrogen) atoms. The zero-order valence-electron chi connectivity index (χ0n) is 15.5. The van der Waals surface area contributed by atoms with Gasteiger partial charge < -0.3 is 9.30 Å². The highest BCUT2D eigenvalue weighted by Crippen LogP contribution is 2.19. The van der Waals surface area contributed by atoms with Crippen molar-refractivity contribution in [2.24, 2.45) is 7.05 Å². The molecule has 1 aromatic heterocycles. The highest BCUT2D eigenvalue weighted by molar-refractivity contribution is 6.08. The van der Waals surface area contributed by atoms with Gasteiger partial charge in [0.15, 0.2) is 0 Å². The SMILES string of the molecule is CCOC(=O)Nc1ccc(C(=O)NNC(=O)c2cn(C)c3ccccc23)cc1. The number of carbonyl (C=O) groups excluding carboxylic acids is 3. The lowest BCUT2D eigenvalue weighted by Crippen LogP contribution is -2.41. The molecule has 0 unspecified atom stereocenters. The number of amides is 3. The summed E-state index contributed by atoms with van der Waals surface area (Å²) in [5.41, 5.74) is 7.02. The number of aromatic nitrogens is 1. The van der Waals surface area contributed by atoms with Crippen molar-refractivity contribution in [1.82, 2.24) is 15.4 Å². The Morgan fingerprint density at radius 1 is 0.964 bits per heavy atom. The monoisotopic (exact) mass is 380 g/mol. The number of nitrogens with one attached hydrogen (secondary N) is 3. The Kier molecular flexibility index (Phi) is 5.59. The summed E-state index contributed by atoms with van der Waals surface area (Å²) in [5, 5.41) is 3.33. The Morgan fingerprint density at radius 2 is 1.64 bits per heavy atom. The number of ether oxygens (including phenoxy) is 1. The molecule has 0 fully saturated rings. The fourth-order valence-corrected chi connectivity index (χ4v) is 2.77. The first-order chi connectivity index (χ1) is 13.5. The van der Waals surface area contributed by atoms with Gasteiger partial charge in [-0.25, -0.2) is 4.79 Å². The first kappa shape index (κ1) is 19.0. The molecule has 8 nitrogen and oxygen atoms in total. The van der Waals surface area contributed by atoms with E-state index in [1.807, 2.05) is 35.9 Å². The summed E-state index contributed by atoms with van der Waals surface area (Å²) in [5.74, 6) is -0.887. The van der Waals surface area contributed by atoms with Crippen LogP contribution >= 0.6 is 0 Å². The average molecular weight is 380 g/mol. The molecule has 144 valence electrons. The fourth-order valence-electron chi connectivity index (χ4n) is 2.77. The zero-order valence-corrected chi connectivity index (χ0v) is 15.5. The van der Waals surface area contributed by atoms with Gasteiger partial charge in [-0.05, 0) is 37.3 Å². The number of hydrazine groups is 1. The first-order valence-corrected chi connectivity index (χ1v) is 8.68. The Labute approximate surface area is 161 Å². The van der Waals surface area contributed by atoms with Crippen molar-refractivity contribution in [3.05, 3.63) is 65.9 Å². The van der Waals surface area contributed by atoms with Crippen LogP contribution in [0.2, 0.25) is 0 Å². The van der Waals surface area contributed by atoms with Gasteiger partial charge >= 0.3 is 6.09 Å². The molecule has 3 amide bonds. The minimum atomic E-state index is -0.568. The normalized spacial score (nSPS) is 10.4. The van der Waals surface area contributed by atoms with Gasteiger partial charge in [-0.2, -0.15) is 0 Å². The second kappa shape index (κ2) is 8.26. The molecule has 1 heterocycles. The second-order valence-electron chi connectivity index (χ2n) is 6.00. The van der Waals surface area contributed by atoms with E-state index in [9.17, 15) is 14.4 Å². The maximum atomic E-state index is 12.4. The largest absolute Gasteiger partial charge is 0.450 e. The van der Waals surface area contributed by atoms with Crippen molar-refractivity contribution < 1.29 is 19.1 Å². The van der Waals surface area contributed by atoms with Gasteiger partial charge in [0.25, 0.3) is 11.8 Å². The smallest absolute Gasteiger partial charge is 0.411 e. The van der Waals surface area contributed by atoms with Gasteiger partial charge in [-0.3, -0.25) is 25.8 Å². The summed E-state index contributed by atoms with van der Waals surface area (Å²) in [6.45, 7) is 1.97. The molecule has 0 aliphatic carbocycles. The van der Waals surface area contributed by atoms with Crippen molar-refractivity contribution in [1.29, 1.82) is 0 Å². The standard InChI is InChI=1S/C20H20N4O4/c1-3-28-20(27)21-14-10-8-13(9-11-14)18(25)22-23-19(26)16-12-24(2)17-7-5-4-6-15(16)17/h4-12H,3H2,1-2H3,(H,21,27)(H,22,25)(H,23,26). The van der Waals surface area contributed by atoms with E-state index in [4.69, 9.17) is 4.74 Å². The number of carbonyl (C=O) groups is 3. The highest BCUT2D eigenvalue weighted by Gasteiger charge is 2.14. The lowest BCUT2D eigenvalue weighted by molar-refractivity contribution is 0.0847. The molecule has 0 saturated heterocycles. The third-order valence-electron chi connectivity index (χ3n) is 4.10. The van der Waals surface area contributed by atoms with E-state index in [-0.39, 0.29) is 6.61 Å². The van der Waals surface area contributed by atoms with Crippen molar-refractivity contribution in [3.63, 3.8) is 0 Å². The van der Waals surface area contributed by atoms with E-state index in [1.165, 1.54) is 12.1 Å². The van der Waals surface area contributed by atoms with Crippen LogP contribution in [0.5, 0.6) is 0 Å². The minimum absolute atomic E-state index is 0.267. The molecule has 3 N–H and O–H groups in total. The van der Waals surface area contributed by atoms with Crippen molar-refractivity contribution in [3.8, 4) is 0 Å². The quantitative estimate of drug-likeness (QED) is 0.606. The molecule has 0 spiro atoms. The van der Waals surface area contributed by atoms with E-state index in [0.717, 1.165) is 10.9 Å². The van der Waals surface area contributed by atoms with Crippen molar-refractivity contribution >= 4 is 34.5 Å². The number of hydrogen-bond donors (Lipinski definition) is 3. The van der Waals surface area contributed by atoms with Crippen LogP contribution in [-0.4, -0.2) is 29.1 Å². The molecular weight excluding hydrogens is 360 g/mol. The molecule has 8 heteroatoms. The number of fused-ring (bicyclic) bond motifs is 1. The van der Waals surface area contributed by atoms with Gasteiger partial charge in [0.1, 0.15) is 0 Å². The molecule has 0 aliphatic rings. The molecule has 0 bridgehead atoms. The number of rotatable bonds is 4. The summed E-state index contributed by atoms with van der Waals surface area (Å²) in [6.07, 6.45) is 1.14. The molecule has 3 rings (SSSR count). The van der Waals surface area contributed by atoms with Crippen molar-refractivity contribution in [2.75, 3.05) is 11.9 Å². The van der Waals surface area contributed by atoms with Crippen molar-refractivity contribution in [2.45, 2.75) is 6.92 Å². The second-order valence-corrected chi connectivity index (χ2v) is 6.00. The lowest BCUT2D eigenvalue weighted by Gasteiger charge is -2.08.